The van der Waals surface area contributed by atoms with Crippen LogP contribution >= 0.6 is 0 Å². The van der Waals surface area contributed by atoms with E-state index in [2.05, 4.69) is 12.2 Å². The number of nitrogens with zero attached hydrogens (tertiary/aromatic N) is 2. The van der Waals surface area contributed by atoms with Gasteiger partial charge in [-0.25, -0.2) is 0 Å². The van der Waals surface area contributed by atoms with Crippen LogP contribution in [-0.2, 0) is 9.59 Å². The molecule has 0 radical (unpaired) electrons. The number of carbonyl (C=O) groups excluding carboxylic acids is 2. The lowest BCUT2D eigenvalue weighted by Gasteiger charge is -2.21. The molecule has 4 atom stereocenters. The number of hydrogen-bond donors (Lipinski definition) is 0. The Bertz CT molecular complexity index is 759. The minimum absolute atomic E-state index is 0.0493. The molecule has 6 heteroatoms. The van der Waals surface area contributed by atoms with Crippen molar-refractivity contribution in [3.05, 3.63) is 46.5 Å². The topological polar surface area (TPSA) is 80.5 Å². The lowest BCUT2D eigenvalue weighted by atomic mass is 9.85. The van der Waals surface area contributed by atoms with Crippen LogP contribution in [0.4, 0.5) is 11.4 Å². The quantitative estimate of drug-likeness (QED) is 0.363. The molecule has 23 heavy (non-hydrogen) atoms. The summed E-state index contributed by atoms with van der Waals surface area (Å²) in [6, 6.07) is 5.63. The second kappa shape index (κ2) is 3.88. The second-order valence-corrected chi connectivity index (χ2v) is 7.01. The number of amides is 2. The molecular formula is C17H14N2O4. The molecule has 6 nitrogen and oxygen atoms in total. The molecule has 116 valence electrons. The van der Waals surface area contributed by atoms with Gasteiger partial charge in [0.2, 0.25) is 11.8 Å². The van der Waals surface area contributed by atoms with Crippen molar-refractivity contribution in [1.82, 2.24) is 0 Å². The average Bonchev–Trinajstić information content (AvgIpc) is 3.13. The summed E-state index contributed by atoms with van der Waals surface area (Å²) in [6.45, 7) is 0. The van der Waals surface area contributed by atoms with Crippen LogP contribution in [-0.4, -0.2) is 16.7 Å². The van der Waals surface area contributed by atoms with Gasteiger partial charge in [-0.1, -0.05) is 12.2 Å². The van der Waals surface area contributed by atoms with E-state index in [1.165, 1.54) is 29.2 Å². The van der Waals surface area contributed by atoms with Gasteiger partial charge < -0.3 is 0 Å². The molecule has 1 heterocycles. The highest BCUT2D eigenvalue weighted by atomic mass is 16.6. The Morgan fingerprint density at radius 3 is 1.96 bits per heavy atom. The molecule has 3 fully saturated rings. The number of non-ortho nitro benzene ring substituents is 1. The van der Waals surface area contributed by atoms with Crippen LogP contribution in [0.1, 0.15) is 12.8 Å². The molecule has 0 unspecified atom stereocenters. The van der Waals surface area contributed by atoms with Crippen molar-refractivity contribution < 1.29 is 14.5 Å². The summed E-state index contributed by atoms with van der Waals surface area (Å²) in [6.07, 6.45) is 6.48. The average molecular weight is 310 g/mol. The third kappa shape index (κ3) is 1.39. The third-order valence-electron chi connectivity index (χ3n) is 6.17. The Morgan fingerprint density at radius 1 is 1.00 bits per heavy atom. The largest absolute Gasteiger partial charge is 0.274 e. The molecule has 1 aromatic rings. The van der Waals surface area contributed by atoms with E-state index in [1.54, 1.807) is 0 Å². The van der Waals surface area contributed by atoms with Crippen LogP contribution in [0, 0.1) is 39.2 Å². The highest BCUT2D eigenvalue weighted by Crippen LogP contribution is 2.73. The lowest BCUT2D eigenvalue weighted by Crippen LogP contribution is -2.34. The Balaban J connectivity index is 1.52. The molecule has 4 aliphatic rings. The number of fused-ring (bicyclic) bond motifs is 3. The maximum atomic E-state index is 12.9. The number of rotatable bonds is 2. The fraction of sp³-hybridized carbons (Fsp3) is 0.412. The summed E-state index contributed by atoms with van der Waals surface area (Å²) in [5.41, 5.74) is 0.568. The molecule has 1 spiro atoms. The summed E-state index contributed by atoms with van der Waals surface area (Å²) in [5.74, 6) is -0.381. The number of allylic oxidation sites excluding steroid dienone is 2. The maximum Gasteiger partial charge on any atom is 0.269 e. The first-order chi connectivity index (χ1) is 11.0. The summed E-state index contributed by atoms with van der Waals surface area (Å²) >= 11 is 0. The van der Waals surface area contributed by atoms with Crippen LogP contribution in [0.2, 0.25) is 0 Å². The molecular weight excluding hydrogens is 296 g/mol. The zero-order valence-corrected chi connectivity index (χ0v) is 12.2. The van der Waals surface area contributed by atoms with Crippen molar-refractivity contribution in [1.29, 1.82) is 0 Å². The van der Waals surface area contributed by atoms with Crippen molar-refractivity contribution in [3.8, 4) is 0 Å². The molecule has 1 aliphatic heterocycles. The van der Waals surface area contributed by atoms with Gasteiger partial charge in [-0.15, -0.1) is 0 Å². The summed E-state index contributed by atoms with van der Waals surface area (Å²) in [7, 11) is 0. The summed E-state index contributed by atoms with van der Waals surface area (Å²) in [4.78, 5) is 37.2. The van der Waals surface area contributed by atoms with E-state index in [4.69, 9.17) is 0 Å². The van der Waals surface area contributed by atoms with Gasteiger partial charge in [-0.05, 0) is 42.2 Å². The highest BCUT2D eigenvalue weighted by Gasteiger charge is 2.73. The predicted molar refractivity (Wildman–Crippen MR) is 80.4 cm³/mol. The number of carbonyl (C=O) groups is 2. The normalized spacial score (nSPS) is 35.2. The Labute approximate surface area is 131 Å². The molecule has 3 aliphatic carbocycles. The van der Waals surface area contributed by atoms with E-state index in [0.717, 1.165) is 12.8 Å². The molecule has 2 saturated carbocycles. The zero-order valence-electron chi connectivity index (χ0n) is 12.2. The Morgan fingerprint density at radius 2 is 1.52 bits per heavy atom. The van der Waals surface area contributed by atoms with Crippen molar-refractivity contribution in [2.75, 3.05) is 4.90 Å². The van der Waals surface area contributed by atoms with Gasteiger partial charge in [0, 0.05) is 12.1 Å². The van der Waals surface area contributed by atoms with Crippen LogP contribution in [0.25, 0.3) is 0 Å². The first kappa shape index (κ1) is 13.0. The van der Waals surface area contributed by atoms with Gasteiger partial charge in [0.15, 0.2) is 0 Å². The van der Waals surface area contributed by atoms with Gasteiger partial charge in [-0.3, -0.25) is 24.6 Å². The number of nitro benzene ring substituents is 1. The van der Waals surface area contributed by atoms with Gasteiger partial charge in [0.05, 0.1) is 22.4 Å². The van der Waals surface area contributed by atoms with Crippen LogP contribution in [0.3, 0.4) is 0 Å². The van der Waals surface area contributed by atoms with E-state index >= 15 is 0 Å². The minimum Gasteiger partial charge on any atom is -0.274 e. The van der Waals surface area contributed by atoms with Crippen LogP contribution in [0.5, 0.6) is 0 Å². The van der Waals surface area contributed by atoms with E-state index in [-0.39, 0.29) is 46.6 Å². The Kier molecular flexibility index (Phi) is 2.19. The number of imide groups is 1. The summed E-state index contributed by atoms with van der Waals surface area (Å²) in [5, 5.41) is 10.7. The van der Waals surface area contributed by atoms with Crippen molar-refractivity contribution in [2.45, 2.75) is 12.8 Å². The van der Waals surface area contributed by atoms with E-state index in [9.17, 15) is 19.7 Å². The van der Waals surface area contributed by atoms with E-state index in [0.29, 0.717) is 5.69 Å². The molecule has 1 aromatic carbocycles. The molecule has 0 N–H and O–H groups in total. The van der Waals surface area contributed by atoms with Gasteiger partial charge in [0.25, 0.3) is 5.69 Å². The van der Waals surface area contributed by atoms with Crippen molar-refractivity contribution in [2.24, 2.45) is 29.1 Å². The maximum absolute atomic E-state index is 12.9. The van der Waals surface area contributed by atoms with Gasteiger partial charge >= 0.3 is 0 Å². The van der Waals surface area contributed by atoms with Gasteiger partial charge in [0.1, 0.15) is 0 Å². The number of anilines is 1. The zero-order chi connectivity index (χ0) is 15.9. The van der Waals surface area contributed by atoms with Crippen molar-refractivity contribution >= 4 is 23.2 Å². The highest BCUT2D eigenvalue weighted by molar-refractivity contribution is 6.23. The molecule has 2 amide bonds. The lowest BCUT2D eigenvalue weighted by molar-refractivity contribution is -0.384. The number of hydrogen-bond acceptors (Lipinski definition) is 4. The predicted octanol–water partition coefficient (Wildman–Crippen LogP) is 2.30. The van der Waals surface area contributed by atoms with Crippen LogP contribution in [0.15, 0.2) is 36.4 Å². The van der Waals surface area contributed by atoms with E-state index < -0.39 is 4.92 Å². The van der Waals surface area contributed by atoms with Crippen LogP contribution < -0.4 is 4.90 Å². The Hall–Kier alpha value is -2.50. The summed E-state index contributed by atoms with van der Waals surface area (Å²) < 4.78 is 0. The third-order valence-corrected chi connectivity index (χ3v) is 6.17. The monoisotopic (exact) mass is 310 g/mol. The fourth-order valence-electron chi connectivity index (χ4n) is 5.06. The second-order valence-electron chi connectivity index (χ2n) is 7.01. The standard InChI is InChI=1S/C17H14N2O4/c20-15-13-11-5-6-12(17(11)7-8-17)14(13)16(21)18(15)9-1-3-10(4-2-9)19(22)23/h1-6,11-14H,7-8H2/t11-,12-,13+,14+/m1/s1. The molecule has 1 saturated heterocycles. The number of benzene rings is 1. The smallest absolute Gasteiger partial charge is 0.269 e. The fourth-order valence-corrected chi connectivity index (χ4v) is 5.06. The van der Waals surface area contributed by atoms with Crippen molar-refractivity contribution in [3.63, 3.8) is 0 Å². The SMILES string of the molecule is O=C1[C@@H]2[C@@H](C(=O)N1c1ccc([N+](=O)[O-])cc1)[C@H]1C=C[C@H]2C12CC2. The first-order valence-electron chi connectivity index (χ1n) is 7.85. The minimum atomic E-state index is -0.493. The number of nitro groups is 1. The van der Waals surface area contributed by atoms with Gasteiger partial charge in [-0.2, -0.15) is 0 Å². The molecule has 5 rings (SSSR count). The molecule has 0 aromatic heterocycles. The first-order valence-corrected chi connectivity index (χ1v) is 7.85. The molecule has 2 bridgehead atoms. The van der Waals surface area contributed by atoms with E-state index in [1.807, 2.05) is 0 Å².